The number of nitrogen functional groups attached to an aromatic ring is 1. The first-order valence-corrected chi connectivity index (χ1v) is 7.23. The first kappa shape index (κ1) is 12.3. The van der Waals surface area contributed by atoms with Crippen LogP contribution in [0.4, 0.5) is 11.4 Å². The van der Waals surface area contributed by atoms with Crippen molar-refractivity contribution in [1.29, 1.82) is 0 Å². The maximum atomic E-state index is 6.37. The third-order valence-electron chi connectivity index (χ3n) is 4.04. The van der Waals surface area contributed by atoms with Gasteiger partial charge in [-0.1, -0.05) is 25.3 Å². The fourth-order valence-corrected chi connectivity index (χ4v) is 2.95. The minimum atomic E-state index is 0.903. The number of hydrogen-bond acceptors (Lipinski definition) is 3. The first-order chi connectivity index (χ1) is 9.36. The largest absolute Gasteiger partial charge is 0.397 e. The molecule has 0 aliphatic carbocycles. The number of anilines is 2. The summed E-state index contributed by atoms with van der Waals surface area (Å²) in [4.78, 5) is 6.61. The van der Waals surface area contributed by atoms with Gasteiger partial charge >= 0.3 is 0 Å². The smallest absolute Gasteiger partial charge is 0.0632 e. The highest BCUT2D eigenvalue weighted by Crippen LogP contribution is 2.32. The molecule has 0 spiro atoms. The third kappa shape index (κ3) is 2.50. The van der Waals surface area contributed by atoms with E-state index in [0.29, 0.717) is 0 Å². The van der Waals surface area contributed by atoms with Gasteiger partial charge in [0.05, 0.1) is 11.4 Å². The van der Waals surface area contributed by atoms with Gasteiger partial charge in [-0.2, -0.15) is 0 Å². The third-order valence-corrected chi connectivity index (χ3v) is 4.04. The predicted molar refractivity (Wildman–Crippen MR) is 81.5 cm³/mol. The van der Waals surface area contributed by atoms with Crippen LogP contribution in [0.2, 0.25) is 0 Å². The fourth-order valence-electron chi connectivity index (χ4n) is 2.95. The second-order valence-electron chi connectivity index (χ2n) is 5.35. The van der Waals surface area contributed by atoms with E-state index in [-0.39, 0.29) is 0 Å². The van der Waals surface area contributed by atoms with E-state index >= 15 is 0 Å². The van der Waals surface area contributed by atoms with Crippen LogP contribution in [0.3, 0.4) is 0 Å². The van der Waals surface area contributed by atoms with Crippen LogP contribution in [0.15, 0.2) is 30.6 Å². The number of fused-ring (bicyclic) bond motifs is 1. The minimum Gasteiger partial charge on any atom is -0.397 e. The lowest BCUT2D eigenvalue weighted by molar-refractivity contribution is 0.557. The molecular formula is C16H21N3. The average molecular weight is 255 g/mol. The molecule has 0 bridgehead atoms. The molecule has 1 aliphatic rings. The summed E-state index contributed by atoms with van der Waals surface area (Å²) in [6, 6.07) is 6.30. The summed E-state index contributed by atoms with van der Waals surface area (Å²) in [5.74, 6) is 0. The number of hydrogen-bond donors (Lipinski definition) is 1. The Bertz CT molecular complexity index is 557. The number of nitrogens with two attached hydrogens (primary N) is 1. The van der Waals surface area contributed by atoms with E-state index in [4.69, 9.17) is 5.73 Å². The first-order valence-electron chi connectivity index (χ1n) is 7.23. The Labute approximate surface area is 114 Å². The summed E-state index contributed by atoms with van der Waals surface area (Å²) >= 11 is 0. The summed E-state index contributed by atoms with van der Waals surface area (Å²) in [6.45, 7) is 2.25. The van der Waals surface area contributed by atoms with E-state index in [2.05, 4.69) is 22.0 Å². The van der Waals surface area contributed by atoms with Gasteiger partial charge in [0, 0.05) is 36.3 Å². The maximum Gasteiger partial charge on any atom is 0.0632 e. The number of rotatable bonds is 1. The highest BCUT2D eigenvalue weighted by molar-refractivity contribution is 5.98. The van der Waals surface area contributed by atoms with Gasteiger partial charge in [0.2, 0.25) is 0 Å². The maximum absolute atomic E-state index is 6.37. The zero-order chi connectivity index (χ0) is 13.1. The quantitative estimate of drug-likeness (QED) is 0.792. The van der Waals surface area contributed by atoms with Crippen molar-refractivity contribution in [3.63, 3.8) is 0 Å². The Morgan fingerprint density at radius 2 is 1.68 bits per heavy atom. The Morgan fingerprint density at radius 1 is 0.947 bits per heavy atom. The molecule has 0 amide bonds. The number of aromatic nitrogens is 1. The molecule has 0 saturated carbocycles. The van der Waals surface area contributed by atoms with Crippen LogP contribution >= 0.6 is 0 Å². The molecule has 3 rings (SSSR count). The topological polar surface area (TPSA) is 42.1 Å². The summed E-state index contributed by atoms with van der Waals surface area (Å²) < 4.78 is 0. The molecule has 0 radical (unpaired) electrons. The minimum absolute atomic E-state index is 0.903. The van der Waals surface area contributed by atoms with E-state index in [1.165, 1.54) is 37.8 Å². The van der Waals surface area contributed by atoms with E-state index < -0.39 is 0 Å². The van der Waals surface area contributed by atoms with Crippen molar-refractivity contribution in [2.75, 3.05) is 23.7 Å². The Balaban J connectivity index is 1.96. The molecule has 3 heteroatoms. The van der Waals surface area contributed by atoms with Gasteiger partial charge in [-0.15, -0.1) is 0 Å². The van der Waals surface area contributed by atoms with Gasteiger partial charge < -0.3 is 10.6 Å². The molecule has 2 aromatic rings. The Morgan fingerprint density at radius 3 is 2.47 bits per heavy atom. The molecule has 1 aliphatic heterocycles. The summed E-state index contributed by atoms with van der Waals surface area (Å²) in [6.07, 6.45) is 10.3. The highest BCUT2D eigenvalue weighted by atomic mass is 15.1. The molecule has 1 aromatic carbocycles. The molecule has 1 saturated heterocycles. The molecule has 1 fully saturated rings. The molecule has 0 atom stereocenters. The van der Waals surface area contributed by atoms with E-state index in [1.54, 1.807) is 0 Å². The number of benzene rings is 1. The van der Waals surface area contributed by atoms with Crippen molar-refractivity contribution < 1.29 is 0 Å². The van der Waals surface area contributed by atoms with Crippen molar-refractivity contribution in [3.8, 4) is 0 Å². The zero-order valence-electron chi connectivity index (χ0n) is 11.3. The van der Waals surface area contributed by atoms with Gasteiger partial charge in [-0.3, -0.25) is 4.98 Å². The standard InChI is InChI=1S/C16H21N3/c17-16-14-8-9-18-12-13(14)6-7-15(16)19-10-4-2-1-3-5-11-19/h6-9,12H,1-5,10-11,17H2. The van der Waals surface area contributed by atoms with Crippen molar-refractivity contribution in [2.45, 2.75) is 32.1 Å². The monoisotopic (exact) mass is 255 g/mol. The van der Waals surface area contributed by atoms with Crippen LogP contribution < -0.4 is 10.6 Å². The summed E-state index contributed by atoms with van der Waals surface area (Å²) in [5, 5.41) is 2.24. The van der Waals surface area contributed by atoms with Crippen LogP contribution in [0, 0.1) is 0 Å². The van der Waals surface area contributed by atoms with Crippen molar-refractivity contribution in [2.24, 2.45) is 0 Å². The second kappa shape index (κ2) is 5.47. The van der Waals surface area contributed by atoms with Crippen LogP contribution in [0.25, 0.3) is 10.8 Å². The van der Waals surface area contributed by atoms with Crippen LogP contribution in [-0.4, -0.2) is 18.1 Å². The normalized spacial score (nSPS) is 17.2. The van der Waals surface area contributed by atoms with E-state index in [9.17, 15) is 0 Å². The molecule has 2 N–H and O–H groups in total. The Hall–Kier alpha value is -1.77. The van der Waals surface area contributed by atoms with Gasteiger partial charge in [-0.05, 0) is 25.0 Å². The summed E-state index contributed by atoms with van der Waals surface area (Å²) in [5.41, 5.74) is 8.47. The average Bonchev–Trinajstić information content (AvgIpc) is 2.40. The van der Waals surface area contributed by atoms with Crippen molar-refractivity contribution in [3.05, 3.63) is 30.6 Å². The SMILES string of the molecule is Nc1c(N2CCCCCCC2)ccc2cnccc12. The molecular weight excluding hydrogens is 234 g/mol. The number of nitrogens with zero attached hydrogens (tertiary/aromatic N) is 2. The van der Waals surface area contributed by atoms with Crippen molar-refractivity contribution in [1.82, 2.24) is 4.98 Å². The lowest BCUT2D eigenvalue weighted by Gasteiger charge is -2.28. The molecule has 2 heterocycles. The molecule has 1 aromatic heterocycles. The predicted octanol–water partition coefficient (Wildman–Crippen LogP) is 3.59. The Kier molecular flexibility index (Phi) is 3.53. The van der Waals surface area contributed by atoms with Gasteiger partial charge in [0.1, 0.15) is 0 Å². The number of pyridine rings is 1. The molecule has 100 valence electrons. The van der Waals surface area contributed by atoms with E-state index in [1.807, 2.05) is 18.5 Å². The molecule has 19 heavy (non-hydrogen) atoms. The fraction of sp³-hybridized carbons (Fsp3) is 0.438. The van der Waals surface area contributed by atoms with Crippen LogP contribution in [0.5, 0.6) is 0 Å². The lowest BCUT2D eigenvalue weighted by Crippen LogP contribution is -2.27. The van der Waals surface area contributed by atoms with Crippen molar-refractivity contribution >= 4 is 22.1 Å². The van der Waals surface area contributed by atoms with Gasteiger partial charge in [0.25, 0.3) is 0 Å². The van der Waals surface area contributed by atoms with Gasteiger partial charge in [-0.25, -0.2) is 0 Å². The van der Waals surface area contributed by atoms with Crippen LogP contribution in [0.1, 0.15) is 32.1 Å². The second-order valence-corrected chi connectivity index (χ2v) is 5.35. The molecule has 0 unspecified atom stereocenters. The van der Waals surface area contributed by atoms with Gasteiger partial charge in [0.15, 0.2) is 0 Å². The zero-order valence-corrected chi connectivity index (χ0v) is 11.3. The van der Waals surface area contributed by atoms with Crippen LogP contribution in [-0.2, 0) is 0 Å². The molecule has 3 nitrogen and oxygen atoms in total. The van der Waals surface area contributed by atoms with E-state index in [0.717, 1.165) is 29.5 Å². The lowest BCUT2D eigenvalue weighted by atomic mass is 10.1. The summed E-state index contributed by atoms with van der Waals surface area (Å²) in [7, 11) is 0. The highest BCUT2D eigenvalue weighted by Gasteiger charge is 2.13.